The summed E-state index contributed by atoms with van der Waals surface area (Å²) in [5.41, 5.74) is 0.835. The van der Waals surface area contributed by atoms with E-state index in [2.05, 4.69) is 28.9 Å². The van der Waals surface area contributed by atoms with Crippen LogP contribution in [0.3, 0.4) is 0 Å². The van der Waals surface area contributed by atoms with Crippen LogP contribution in [0.5, 0.6) is 0 Å². The van der Waals surface area contributed by atoms with Gasteiger partial charge in [-0.3, -0.25) is 0 Å². The summed E-state index contributed by atoms with van der Waals surface area (Å²) in [5, 5.41) is 8.36. The zero-order valence-electron chi connectivity index (χ0n) is 10.8. The lowest BCUT2D eigenvalue weighted by Gasteiger charge is -2.22. The Labute approximate surface area is 109 Å². The van der Waals surface area contributed by atoms with Crippen LogP contribution in [-0.4, -0.2) is 23.3 Å². The van der Waals surface area contributed by atoms with E-state index in [1.165, 1.54) is 25.7 Å². The van der Waals surface area contributed by atoms with Crippen LogP contribution < -0.4 is 4.90 Å². The van der Waals surface area contributed by atoms with Gasteiger partial charge in [0, 0.05) is 13.1 Å². The van der Waals surface area contributed by atoms with Crippen LogP contribution >= 0.6 is 11.6 Å². The van der Waals surface area contributed by atoms with Crippen LogP contribution in [0.2, 0.25) is 0 Å². The van der Waals surface area contributed by atoms with Crippen molar-refractivity contribution in [2.24, 2.45) is 0 Å². The van der Waals surface area contributed by atoms with Gasteiger partial charge in [-0.05, 0) is 25.0 Å². The molecule has 0 aromatic carbocycles. The van der Waals surface area contributed by atoms with Crippen LogP contribution in [-0.2, 0) is 5.88 Å². The molecule has 1 heterocycles. The molecule has 0 aliphatic carbocycles. The van der Waals surface area contributed by atoms with Crippen molar-refractivity contribution in [3.63, 3.8) is 0 Å². The summed E-state index contributed by atoms with van der Waals surface area (Å²) in [4.78, 5) is 2.32. The highest BCUT2D eigenvalue weighted by atomic mass is 35.5. The lowest BCUT2D eigenvalue weighted by atomic mass is 10.2. The van der Waals surface area contributed by atoms with Gasteiger partial charge in [-0.25, -0.2) is 0 Å². The summed E-state index contributed by atoms with van der Waals surface area (Å²) in [6.07, 6.45) is 4.80. The largest absolute Gasteiger partial charge is 0.355 e. The molecule has 0 N–H and O–H groups in total. The number of anilines is 1. The highest BCUT2D eigenvalue weighted by Crippen LogP contribution is 2.12. The van der Waals surface area contributed by atoms with Crippen LogP contribution in [0, 0.1) is 0 Å². The molecule has 1 aromatic rings. The van der Waals surface area contributed by atoms with Gasteiger partial charge in [0.2, 0.25) is 0 Å². The van der Waals surface area contributed by atoms with Gasteiger partial charge in [0.25, 0.3) is 0 Å². The van der Waals surface area contributed by atoms with E-state index in [1.807, 2.05) is 12.1 Å². The van der Waals surface area contributed by atoms with Gasteiger partial charge in [-0.1, -0.05) is 26.7 Å². The zero-order chi connectivity index (χ0) is 12.5. The predicted molar refractivity (Wildman–Crippen MR) is 73.6 cm³/mol. The number of hydrogen-bond acceptors (Lipinski definition) is 3. The lowest BCUT2D eigenvalue weighted by molar-refractivity contribution is 0.666. The molecule has 0 amide bonds. The van der Waals surface area contributed by atoms with Crippen molar-refractivity contribution in [2.75, 3.05) is 18.0 Å². The Morgan fingerprint density at radius 3 is 2.12 bits per heavy atom. The Morgan fingerprint density at radius 1 is 1.06 bits per heavy atom. The van der Waals surface area contributed by atoms with Crippen LogP contribution in [0.4, 0.5) is 5.82 Å². The maximum atomic E-state index is 5.71. The average molecular weight is 256 g/mol. The summed E-state index contributed by atoms with van der Waals surface area (Å²) >= 11 is 5.71. The number of alkyl halides is 1. The van der Waals surface area contributed by atoms with Crippen LogP contribution in [0.25, 0.3) is 0 Å². The third-order valence-corrected chi connectivity index (χ3v) is 3.00. The molecule has 0 aliphatic rings. The van der Waals surface area contributed by atoms with Gasteiger partial charge in [0.05, 0.1) is 11.6 Å². The minimum Gasteiger partial charge on any atom is -0.355 e. The predicted octanol–water partition coefficient (Wildman–Crippen LogP) is 3.62. The summed E-state index contributed by atoms with van der Waals surface area (Å²) in [6.45, 7) is 6.54. The molecule has 0 spiro atoms. The standard InChI is InChI=1S/C13H22ClN3/c1-3-5-9-17(10-6-4-2)13-8-7-12(11-14)15-16-13/h7-8H,3-6,9-11H2,1-2H3. The molecule has 4 heteroatoms. The zero-order valence-corrected chi connectivity index (χ0v) is 11.6. The molecular weight excluding hydrogens is 234 g/mol. The van der Waals surface area contributed by atoms with Gasteiger partial charge < -0.3 is 4.90 Å². The summed E-state index contributed by atoms with van der Waals surface area (Å²) < 4.78 is 0. The minimum absolute atomic E-state index is 0.428. The summed E-state index contributed by atoms with van der Waals surface area (Å²) in [7, 11) is 0. The Bertz CT molecular complexity index is 292. The molecule has 0 saturated carbocycles. The van der Waals surface area contributed by atoms with Gasteiger partial charge in [-0.2, -0.15) is 5.10 Å². The maximum Gasteiger partial charge on any atom is 0.151 e. The molecule has 0 aliphatic heterocycles. The molecule has 1 rings (SSSR count). The Hall–Kier alpha value is -0.830. The first kappa shape index (κ1) is 14.2. The first-order chi connectivity index (χ1) is 8.31. The summed E-state index contributed by atoms with van der Waals surface area (Å²) in [6, 6.07) is 3.98. The van der Waals surface area contributed by atoms with Crippen molar-refractivity contribution in [2.45, 2.75) is 45.4 Å². The van der Waals surface area contributed by atoms with Crippen molar-refractivity contribution in [3.05, 3.63) is 17.8 Å². The van der Waals surface area contributed by atoms with Crippen LogP contribution in [0.15, 0.2) is 12.1 Å². The van der Waals surface area contributed by atoms with E-state index in [9.17, 15) is 0 Å². The molecule has 17 heavy (non-hydrogen) atoms. The van der Waals surface area contributed by atoms with E-state index < -0.39 is 0 Å². The molecule has 96 valence electrons. The number of rotatable bonds is 8. The second-order valence-corrected chi connectivity index (χ2v) is 4.48. The van der Waals surface area contributed by atoms with E-state index >= 15 is 0 Å². The summed E-state index contributed by atoms with van der Waals surface area (Å²) in [5.74, 6) is 1.40. The third-order valence-electron chi connectivity index (χ3n) is 2.73. The van der Waals surface area contributed by atoms with Gasteiger partial charge >= 0.3 is 0 Å². The SMILES string of the molecule is CCCCN(CCCC)c1ccc(CCl)nn1. The fourth-order valence-electron chi connectivity index (χ4n) is 1.63. The Kier molecular flexibility index (Phi) is 6.94. The fraction of sp³-hybridized carbons (Fsp3) is 0.692. The van der Waals surface area contributed by atoms with E-state index in [0.29, 0.717) is 5.88 Å². The smallest absolute Gasteiger partial charge is 0.151 e. The molecule has 0 atom stereocenters. The quantitative estimate of drug-likeness (QED) is 0.665. The van der Waals surface area contributed by atoms with E-state index in [4.69, 9.17) is 11.6 Å². The second-order valence-electron chi connectivity index (χ2n) is 4.21. The molecule has 0 saturated heterocycles. The fourth-order valence-corrected chi connectivity index (χ4v) is 1.77. The second kappa shape index (κ2) is 8.29. The van der Waals surface area contributed by atoms with Crippen molar-refractivity contribution < 1.29 is 0 Å². The number of nitrogens with zero attached hydrogens (tertiary/aromatic N) is 3. The first-order valence-corrected chi connectivity index (χ1v) is 6.98. The first-order valence-electron chi connectivity index (χ1n) is 6.45. The highest BCUT2D eigenvalue weighted by Gasteiger charge is 2.07. The Balaban J connectivity index is 2.65. The third kappa shape index (κ3) is 4.90. The van der Waals surface area contributed by atoms with Crippen LogP contribution in [0.1, 0.15) is 45.2 Å². The average Bonchev–Trinajstić information content (AvgIpc) is 2.39. The number of hydrogen-bond donors (Lipinski definition) is 0. The van der Waals surface area contributed by atoms with Crippen molar-refractivity contribution in [3.8, 4) is 0 Å². The van der Waals surface area contributed by atoms with E-state index in [0.717, 1.165) is 24.6 Å². The highest BCUT2D eigenvalue weighted by molar-refractivity contribution is 6.16. The van der Waals surface area contributed by atoms with Gasteiger partial charge in [0.1, 0.15) is 0 Å². The molecule has 0 bridgehead atoms. The monoisotopic (exact) mass is 255 g/mol. The number of aromatic nitrogens is 2. The van der Waals surface area contributed by atoms with Crippen molar-refractivity contribution in [1.82, 2.24) is 10.2 Å². The van der Waals surface area contributed by atoms with Crippen molar-refractivity contribution >= 4 is 17.4 Å². The van der Waals surface area contributed by atoms with E-state index in [1.54, 1.807) is 0 Å². The minimum atomic E-state index is 0.428. The van der Waals surface area contributed by atoms with Gasteiger partial charge in [0.15, 0.2) is 5.82 Å². The van der Waals surface area contributed by atoms with Crippen molar-refractivity contribution in [1.29, 1.82) is 0 Å². The van der Waals surface area contributed by atoms with E-state index in [-0.39, 0.29) is 0 Å². The molecule has 0 fully saturated rings. The topological polar surface area (TPSA) is 29.0 Å². The van der Waals surface area contributed by atoms with Gasteiger partial charge in [-0.15, -0.1) is 16.7 Å². The number of unbranched alkanes of at least 4 members (excludes halogenated alkanes) is 2. The Morgan fingerprint density at radius 2 is 1.71 bits per heavy atom. The molecular formula is C13H22ClN3. The maximum absolute atomic E-state index is 5.71. The normalized spacial score (nSPS) is 10.5. The molecule has 3 nitrogen and oxygen atoms in total. The lowest BCUT2D eigenvalue weighted by Crippen LogP contribution is -2.26. The number of halogens is 1. The molecule has 0 radical (unpaired) electrons. The molecule has 0 unspecified atom stereocenters. The molecule has 1 aromatic heterocycles.